The zero-order valence-electron chi connectivity index (χ0n) is 42.8. The predicted molar refractivity (Wildman–Crippen MR) is 302 cm³/mol. The van der Waals surface area contributed by atoms with Crippen LogP contribution in [0.5, 0.6) is 0 Å². The van der Waals surface area contributed by atoms with Gasteiger partial charge >= 0.3 is 11.9 Å². The third-order valence-electron chi connectivity index (χ3n) is 10.8. The molecule has 1 aromatic rings. The van der Waals surface area contributed by atoms with Gasteiger partial charge in [0.15, 0.2) is 17.9 Å². The molecular formula is C44H76N18O11S4. The number of carboxylic acids is 2. The molecule has 0 aliphatic carbocycles. The molecule has 9 atom stereocenters. The summed E-state index contributed by atoms with van der Waals surface area (Å²) in [6.45, 7) is 3.69. The minimum Gasteiger partial charge on any atom is -0.480 e. The summed E-state index contributed by atoms with van der Waals surface area (Å²) in [4.78, 5) is 132. The standard InChI is InChI=1S/C44H76N18O11S4/c1-22(2)32(46)39(69)62-31(37(67)57-26(41(72)73)13-8-16-55-44(51)52)21-77-76-20-30(61-36(66)28(18-74)59-33(63)24(45)11-6-14-53-42(47)48)38(68)58-27(17-23-9-4-3-5-10-23)34(64)60-29(19-75)35(65)56-25(40(70)71)12-7-15-54-43(49)50/h3-5,9-10,22,24-32,74-75H,6-8,11-21,45-46H2,1-2H3,(H,56,65)(H,57,67)(H,58,68)(H,59,63)(H,60,64)(H,61,66)(H,62,69)(H,70,71)(H,72,73)(H4,47,48,53)(H4,49,50,54)(H4,51,52,55)/t24-,25-,26-,27-,28-,29-,30-,31-,32-/m0/s1. The summed E-state index contributed by atoms with van der Waals surface area (Å²) in [5.41, 5.74) is 44.8. The zero-order valence-corrected chi connectivity index (χ0v) is 46.2. The fraction of sp³-hybridized carbons (Fsp3) is 0.591. The van der Waals surface area contributed by atoms with Crippen molar-refractivity contribution in [2.45, 2.75) is 113 Å². The number of carboxylic acid groups (broad SMARTS) is 2. The summed E-state index contributed by atoms with van der Waals surface area (Å²) in [7, 11) is 1.87. The van der Waals surface area contributed by atoms with Crippen molar-refractivity contribution in [2.24, 2.45) is 66.8 Å². The van der Waals surface area contributed by atoms with Crippen molar-refractivity contribution in [1.82, 2.24) is 37.2 Å². The van der Waals surface area contributed by atoms with Gasteiger partial charge in [-0.3, -0.25) is 48.5 Å². The van der Waals surface area contributed by atoms with Crippen LogP contribution in [0.2, 0.25) is 0 Å². The lowest BCUT2D eigenvalue weighted by molar-refractivity contribution is -0.142. The van der Waals surface area contributed by atoms with Crippen LogP contribution >= 0.6 is 46.8 Å². The molecular weight excluding hydrogens is 1080 g/mol. The van der Waals surface area contributed by atoms with E-state index in [1.165, 1.54) is 0 Å². The van der Waals surface area contributed by atoms with Crippen molar-refractivity contribution < 1.29 is 53.4 Å². The maximum absolute atomic E-state index is 14.5. The van der Waals surface area contributed by atoms with Crippen LogP contribution in [0.25, 0.3) is 0 Å². The van der Waals surface area contributed by atoms with Crippen LogP contribution in [0.3, 0.4) is 0 Å². The van der Waals surface area contributed by atoms with Crippen LogP contribution in [0, 0.1) is 5.92 Å². The molecule has 0 saturated carbocycles. The lowest BCUT2D eigenvalue weighted by atomic mass is 10.0. The highest BCUT2D eigenvalue weighted by Gasteiger charge is 2.34. The number of nitrogens with zero attached hydrogens (tertiary/aromatic N) is 3. The maximum atomic E-state index is 14.5. The van der Waals surface area contributed by atoms with Gasteiger partial charge < -0.3 is 93.3 Å². The topological polar surface area (TPSA) is 524 Å². The van der Waals surface area contributed by atoms with Crippen LogP contribution in [-0.4, -0.2) is 178 Å². The second-order valence-corrected chi connectivity index (χ2v) is 20.7. The monoisotopic (exact) mass is 1160 g/mol. The summed E-state index contributed by atoms with van der Waals surface area (Å²) in [6.07, 6.45) is 0.479. The first kappa shape index (κ1) is 68.6. The van der Waals surface area contributed by atoms with E-state index in [-0.39, 0.29) is 105 Å². The lowest BCUT2D eigenvalue weighted by Gasteiger charge is -2.27. The number of nitrogens with one attached hydrogen (secondary N) is 7. The number of guanidine groups is 3. The van der Waals surface area contributed by atoms with Crippen molar-refractivity contribution in [1.29, 1.82) is 0 Å². The number of rotatable bonds is 38. The number of carbonyl (C=O) groups excluding carboxylic acids is 7. The molecule has 1 aromatic carbocycles. The number of benzene rings is 1. The fourth-order valence-electron chi connectivity index (χ4n) is 6.43. The summed E-state index contributed by atoms with van der Waals surface area (Å²) in [5, 5.41) is 37.3. The van der Waals surface area contributed by atoms with Crippen molar-refractivity contribution in [2.75, 3.05) is 42.6 Å². The van der Waals surface area contributed by atoms with Gasteiger partial charge in [0.25, 0.3) is 0 Å². The third kappa shape index (κ3) is 28.5. The molecule has 0 saturated heterocycles. The van der Waals surface area contributed by atoms with Gasteiger partial charge in [-0.25, -0.2) is 9.59 Å². The molecule has 7 amide bonds. The first-order chi connectivity index (χ1) is 36.3. The molecule has 0 bridgehead atoms. The van der Waals surface area contributed by atoms with E-state index in [9.17, 15) is 53.4 Å². The molecule has 432 valence electrons. The average molecular weight is 1160 g/mol. The molecule has 0 fully saturated rings. The zero-order chi connectivity index (χ0) is 58.2. The van der Waals surface area contributed by atoms with Crippen LogP contribution in [0.4, 0.5) is 0 Å². The van der Waals surface area contributed by atoms with Gasteiger partial charge in [-0.05, 0) is 50.0 Å². The quantitative estimate of drug-likeness (QED) is 0.00965. The number of hydrogen-bond acceptors (Lipinski definition) is 18. The number of nitrogens with two attached hydrogens (primary N) is 8. The van der Waals surface area contributed by atoms with Crippen LogP contribution in [0.15, 0.2) is 45.3 Å². The second kappa shape index (κ2) is 37.4. The van der Waals surface area contributed by atoms with E-state index in [1.54, 1.807) is 44.2 Å². The molecule has 0 unspecified atom stereocenters. The van der Waals surface area contributed by atoms with Gasteiger partial charge in [0, 0.05) is 49.1 Å². The van der Waals surface area contributed by atoms with E-state index >= 15 is 0 Å². The first-order valence-electron chi connectivity index (χ1n) is 24.1. The van der Waals surface area contributed by atoms with Gasteiger partial charge in [-0.1, -0.05) is 65.8 Å². The number of aliphatic carboxylic acids is 2. The molecule has 77 heavy (non-hydrogen) atoms. The van der Waals surface area contributed by atoms with Gasteiger partial charge in [0.1, 0.15) is 42.3 Å². The van der Waals surface area contributed by atoms with Crippen molar-refractivity contribution in [3.8, 4) is 0 Å². The Kier molecular flexibility index (Phi) is 33.3. The van der Waals surface area contributed by atoms with E-state index in [0.717, 1.165) is 21.6 Å². The largest absolute Gasteiger partial charge is 0.480 e. The molecule has 0 spiro atoms. The number of aliphatic imine (C=N–C) groups is 3. The molecule has 33 heteroatoms. The fourth-order valence-corrected chi connectivity index (χ4v) is 9.27. The highest BCUT2D eigenvalue weighted by Crippen LogP contribution is 2.24. The van der Waals surface area contributed by atoms with E-state index < -0.39 is 108 Å². The Morgan fingerprint density at radius 2 is 0.831 bits per heavy atom. The molecule has 25 N–H and O–H groups in total. The molecule has 0 aliphatic rings. The van der Waals surface area contributed by atoms with E-state index in [2.05, 4.69) is 77.5 Å². The van der Waals surface area contributed by atoms with Crippen molar-refractivity contribution in [3.63, 3.8) is 0 Å². The Labute approximate surface area is 465 Å². The number of thiol groups is 2. The Bertz CT molecular complexity index is 2190. The van der Waals surface area contributed by atoms with E-state index in [0.29, 0.717) is 12.0 Å². The van der Waals surface area contributed by atoms with Gasteiger partial charge in [0.2, 0.25) is 41.4 Å². The second-order valence-electron chi connectivity index (χ2n) is 17.5. The highest BCUT2D eigenvalue weighted by atomic mass is 33.1. The number of hydrogen-bond donors (Lipinski definition) is 19. The number of amides is 7. The normalized spacial score (nSPS) is 14.4. The summed E-state index contributed by atoms with van der Waals surface area (Å²) >= 11 is 8.45. The lowest BCUT2D eigenvalue weighted by Crippen LogP contribution is -2.60. The first-order valence-corrected chi connectivity index (χ1v) is 27.8. The Balaban J connectivity index is 3.61. The minimum atomic E-state index is -1.53. The molecule has 0 heterocycles. The Morgan fingerprint density at radius 1 is 0.494 bits per heavy atom. The van der Waals surface area contributed by atoms with Gasteiger partial charge in [-0.2, -0.15) is 25.3 Å². The highest BCUT2D eigenvalue weighted by molar-refractivity contribution is 8.76. The molecule has 0 aliphatic heterocycles. The summed E-state index contributed by atoms with van der Waals surface area (Å²) < 4.78 is 0. The number of carbonyl (C=O) groups is 9. The van der Waals surface area contributed by atoms with Gasteiger partial charge in [-0.15, -0.1) is 0 Å². The van der Waals surface area contributed by atoms with Crippen LogP contribution < -0.4 is 83.1 Å². The maximum Gasteiger partial charge on any atom is 0.326 e. The molecule has 29 nitrogen and oxygen atoms in total. The average Bonchev–Trinajstić information content (AvgIpc) is 3.37. The van der Waals surface area contributed by atoms with Crippen molar-refractivity contribution >= 4 is 118 Å². The third-order valence-corrected chi connectivity index (χ3v) is 14.0. The summed E-state index contributed by atoms with van der Waals surface area (Å²) in [5.74, 6) is -10.8. The summed E-state index contributed by atoms with van der Waals surface area (Å²) in [6, 6.07) is -3.74. The molecule has 0 aromatic heterocycles. The smallest absolute Gasteiger partial charge is 0.326 e. The Hall–Kier alpha value is -6.42. The van der Waals surface area contributed by atoms with Crippen LogP contribution in [0.1, 0.15) is 57.9 Å². The van der Waals surface area contributed by atoms with Gasteiger partial charge in [0.05, 0.1) is 12.1 Å². The minimum absolute atomic E-state index is 0.0734. The van der Waals surface area contributed by atoms with E-state index in [1.807, 2.05) is 0 Å². The Morgan fingerprint density at radius 3 is 1.22 bits per heavy atom. The van der Waals surface area contributed by atoms with Crippen LogP contribution in [-0.2, 0) is 49.6 Å². The molecule has 1 rings (SSSR count). The van der Waals surface area contributed by atoms with Crippen molar-refractivity contribution in [3.05, 3.63) is 35.9 Å². The van der Waals surface area contributed by atoms with E-state index in [4.69, 9.17) is 45.9 Å². The predicted octanol–water partition coefficient (Wildman–Crippen LogP) is -5.50. The SMILES string of the molecule is CC(C)[C@H](N)C(=O)N[C@@H](CSSC[C@H](NC(=O)[C@H](CS)NC(=O)[C@@H](N)CCCN=C(N)N)C(=O)N[C@@H](Cc1ccccc1)C(=O)N[C@@H](CS)C(=O)N[C@@H](CCCN=C(N)N)C(=O)O)C(=O)N[C@@H](CCCN=C(N)N)C(=O)O. The molecule has 0 radical (unpaired) electrons.